The number of ketones is 1. The lowest BCUT2D eigenvalue weighted by molar-refractivity contribution is -0.117. The predicted molar refractivity (Wildman–Crippen MR) is 114 cm³/mol. The summed E-state index contributed by atoms with van der Waals surface area (Å²) in [5.41, 5.74) is 0.526. The monoisotopic (exact) mass is 440 g/mol. The van der Waals surface area contributed by atoms with Crippen LogP contribution in [0.4, 0.5) is 5.82 Å². The number of Topliss-reactive ketones (excluding diaryl/α,β-unsaturated/α-hetero) is 1. The molecule has 2 aromatic heterocycles. The Balaban J connectivity index is 1.88. The van der Waals surface area contributed by atoms with E-state index in [4.69, 9.17) is 14.0 Å². The van der Waals surface area contributed by atoms with Crippen molar-refractivity contribution in [2.24, 2.45) is 0 Å². The number of carbonyl (C=O) groups is 2. The molecular formula is C22H20N2O6S. The molecule has 160 valence electrons. The number of nitrogens with zero attached hydrogens (tertiary/aromatic N) is 2. The summed E-state index contributed by atoms with van der Waals surface area (Å²) in [6.07, 6.45) is 0. The highest BCUT2D eigenvalue weighted by molar-refractivity contribution is 7.12. The molecule has 9 heteroatoms. The average molecular weight is 440 g/mol. The van der Waals surface area contributed by atoms with E-state index in [1.54, 1.807) is 48.7 Å². The summed E-state index contributed by atoms with van der Waals surface area (Å²) in [4.78, 5) is 28.0. The van der Waals surface area contributed by atoms with Crippen LogP contribution in [0.1, 0.15) is 34.0 Å². The number of anilines is 1. The van der Waals surface area contributed by atoms with E-state index in [0.29, 0.717) is 34.3 Å². The lowest BCUT2D eigenvalue weighted by atomic mass is 9.95. The minimum absolute atomic E-state index is 0.0284. The summed E-state index contributed by atoms with van der Waals surface area (Å²) in [6, 6.07) is 9.15. The maximum atomic E-state index is 13.3. The van der Waals surface area contributed by atoms with E-state index in [9.17, 15) is 14.7 Å². The van der Waals surface area contributed by atoms with E-state index in [2.05, 4.69) is 5.16 Å². The van der Waals surface area contributed by atoms with Crippen LogP contribution in [0.5, 0.6) is 11.5 Å². The molecule has 1 amide bonds. The first kappa shape index (κ1) is 20.7. The van der Waals surface area contributed by atoms with Gasteiger partial charge in [0, 0.05) is 6.07 Å². The molecule has 0 saturated carbocycles. The largest absolute Gasteiger partial charge is 0.503 e. The quantitative estimate of drug-likeness (QED) is 0.548. The third-order valence-electron chi connectivity index (χ3n) is 4.86. The van der Waals surface area contributed by atoms with Gasteiger partial charge in [0.05, 0.1) is 30.2 Å². The first-order valence-electron chi connectivity index (χ1n) is 9.55. The predicted octanol–water partition coefficient (Wildman–Crippen LogP) is 4.23. The fourth-order valence-electron chi connectivity index (χ4n) is 3.53. The molecule has 0 spiro atoms. The number of benzene rings is 1. The maximum Gasteiger partial charge on any atom is 0.295 e. The Morgan fingerprint density at radius 2 is 2.10 bits per heavy atom. The minimum Gasteiger partial charge on any atom is -0.503 e. The standard InChI is InChI=1S/C22H20N2O6S/c1-4-29-14-8-7-13(11-15(14)28-3)19-18(20(25)16-6-5-9-31-16)21(26)22(27)24(19)17-10-12(2)30-23-17/h5-11,19,26H,4H2,1-3H3. The van der Waals surface area contributed by atoms with Gasteiger partial charge in [-0.15, -0.1) is 11.3 Å². The van der Waals surface area contributed by atoms with Crippen molar-refractivity contribution in [3.05, 3.63) is 69.3 Å². The van der Waals surface area contributed by atoms with E-state index in [1.165, 1.54) is 23.3 Å². The molecule has 0 fully saturated rings. The molecule has 1 atom stereocenters. The molecule has 31 heavy (non-hydrogen) atoms. The van der Waals surface area contributed by atoms with E-state index < -0.39 is 23.5 Å². The van der Waals surface area contributed by atoms with Crippen LogP contribution in [0, 0.1) is 6.92 Å². The Bertz CT molecular complexity index is 1160. The number of aryl methyl sites for hydroxylation is 1. The highest BCUT2D eigenvalue weighted by Gasteiger charge is 2.46. The highest BCUT2D eigenvalue weighted by atomic mass is 32.1. The fourth-order valence-corrected chi connectivity index (χ4v) is 4.20. The van der Waals surface area contributed by atoms with Gasteiger partial charge < -0.3 is 19.1 Å². The number of aliphatic hydroxyl groups is 1. The van der Waals surface area contributed by atoms with Gasteiger partial charge in [-0.05, 0) is 43.0 Å². The van der Waals surface area contributed by atoms with Crippen LogP contribution in [0.25, 0.3) is 0 Å². The van der Waals surface area contributed by atoms with Gasteiger partial charge in [0.1, 0.15) is 5.76 Å². The number of methoxy groups -OCH3 is 1. The summed E-state index contributed by atoms with van der Waals surface area (Å²) in [5.74, 6) is -0.118. The molecule has 0 aliphatic carbocycles. The van der Waals surface area contributed by atoms with E-state index in [0.717, 1.165) is 0 Å². The van der Waals surface area contributed by atoms with Crippen LogP contribution < -0.4 is 14.4 Å². The van der Waals surface area contributed by atoms with Crippen LogP contribution in [0.15, 0.2) is 57.6 Å². The molecule has 0 saturated heterocycles. The van der Waals surface area contributed by atoms with E-state index in [1.807, 2.05) is 6.92 Å². The second kappa shape index (κ2) is 8.27. The first-order chi connectivity index (χ1) is 15.0. The first-order valence-corrected chi connectivity index (χ1v) is 10.4. The van der Waals surface area contributed by atoms with Crippen molar-refractivity contribution in [1.82, 2.24) is 5.16 Å². The maximum absolute atomic E-state index is 13.3. The summed E-state index contributed by atoms with van der Waals surface area (Å²) < 4.78 is 16.2. The molecule has 4 rings (SSSR count). The van der Waals surface area contributed by atoms with E-state index in [-0.39, 0.29) is 11.4 Å². The molecule has 0 bridgehead atoms. The zero-order valence-electron chi connectivity index (χ0n) is 17.1. The minimum atomic E-state index is -0.920. The number of hydrogen-bond donors (Lipinski definition) is 1. The van der Waals surface area contributed by atoms with Gasteiger partial charge in [0.2, 0.25) is 5.78 Å². The summed E-state index contributed by atoms with van der Waals surface area (Å²) in [7, 11) is 1.51. The molecule has 1 aliphatic rings. The lowest BCUT2D eigenvalue weighted by Crippen LogP contribution is -2.31. The van der Waals surface area contributed by atoms with Crippen molar-refractivity contribution in [2.45, 2.75) is 19.9 Å². The molecule has 8 nitrogen and oxygen atoms in total. The van der Waals surface area contributed by atoms with Gasteiger partial charge in [-0.3, -0.25) is 14.5 Å². The number of hydrogen-bond acceptors (Lipinski definition) is 8. The third-order valence-corrected chi connectivity index (χ3v) is 5.73. The van der Waals surface area contributed by atoms with Crippen LogP contribution in [-0.2, 0) is 4.79 Å². The molecule has 1 unspecified atom stereocenters. The Morgan fingerprint density at radius 1 is 1.29 bits per heavy atom. The highest BCUT2D eigenvalue weighted by Crippen LogP contribution is 2.44. The third kappa shape index (κ3) is 3.57. The van der Waals surface area contributed by atoms with Crippen LogP contribution in [-0.4, -0.2) is 35.7 Å². The van der Waals surface area contributed by atoms with E-state index >= 15 is 0 Å². The SMILES string of the molecule is CCOc1ccc(C2C(C(=O)c3cccs3)=C(O)C(=O)N2c2cc(C)on2)cc1OC. The Morgan fingerprint density at radius 3 is 2.71 bits per heavy atom. The van der Waals surface area contributed by atoms with Crippen molar-refractivity contribution in [2.75, 3.05) is 18.6 Å². The number of amides is 1. The van der Waals surface area contributed by atoms with Crippen molar-refractivity contribution in [1.29, 1.82) is 0 Å². The van der Waals surface area contributed by atoms with Gasteiger partial charge in [-0.1, -0.05) is 17.3 Å². The molecule has 1 aromatic carbocycles. The van der Waals surface area contributed by atoms with Crippen LogP contribution in [0.2, 0.25) is 0 Å². The zero-order valence-corrected chi connectivity index (χ0v) is 17.9. The molecule has 3 heterocycles. The Hall–Kier alpha value is -3.59. The van der Waals surface area contributed by atoms with Gasteiger partial charge in [-0.2, -0.15) is 0 Å². The van der Waals surface area contributed by atoms with Crippen LogP contribution >= 0.6 is 11.3 Å². The van der Waals surface area contributed by atoms with Crippen molar-refractivity contribution < 1.29 is 28.7 Å². The molecule has 1 aliphatic heterocycles. The van der Waals surface area contributed by atoms with Crippen LogP contribution in [0.3, 0.4) is 0 Å². The number of aromatic nitrogens is 1. The average Bonchev–Trinajstić information content (AvgIpc) is 3.49. The number of carbonyl (C=O) groups excluding carboxylic acids is 2. The number of aliphatic hydroxyl groups excluding tert-OH is 1. The molecule has 0 radical (unpaired) electrons. The number of thiophene rings is 1. The summed E-state index contributed by atoms with van der Waals surface area (Å²) in [5, 5.41) is 16.4. The molecule has 1 N–H and O–H groups in total. The molecule has 3 aromatic rings. The zero-order chi connectivity index (χ0) is 22.1. The normalized spacial score (nSPS) is 16.2. The van der Waals surface area contributed by atoms with Gasteiger partial charge in [-0.25, -0.2) is 0 Å². The fraction of sp³-hybridized carbons (Fsp3) is 0.227. The van der Waals surface area contributed by atoms with Crippen molar-refractivity contribution >= 4 is 28.8 Å². The number of ether oxygens (including phenoxy) is 2. The second-order valence-electron chi connectivity index (χ2n) is 6.79. The summed E-state index contributed by atoms with van der Waals surface area (Å²) in [6.45, 7) is 4.00. The Labute approximate surface area is 182 Å². The summed E-state index contributed by atoms with van der Waals surface area (Å²) >= 11 is 1.23. The van der Waals surface area contributed by atoms with Crippen molar-refractivity contribution in [3.8, 4) is 11.5 Å². The second-order valence-corrected chi connectivity index (χ2v) is 7.73. The topological polar surface area (TPSA) is 102 Å². The molecular weight excluding hydrogens is 420 g/mol. The smallest absolute Gasteiger partial charge is 0.295 e. The van der Waals surface area contributed by atoms with Gasteiger partial charge >= 0.3 is 0 Å². The number of rotatable bonds is 7. The van der Waals surface area contributed by atoms with Crippen molar-refractivity contribution in [3.63, 3.8) is 0 Å². The lowest BCUT2D eigenvalue weighted by Gasteiger charge is -2.25. The van der Waals surface area contributed by atoms with Gasteiger partial charge in [0.15, 0.2) is 23.1 Å². The Kier molecular flexibility index (Phi) is 5.51. The van der Waals surface area contributed by atoms with Gasteiger partial charge in [0.25, 0.3) is 5.91 Å².